The summed E-state index contributed by atoms with van der Waals surface area (Å²) in [6.45, 7) is 0. The maximum Gasteiger partial charge on any atom is 0.104 e. The minimum Gasteiger partial charge on any atom is -0.300 e. The van der Waals surface area contributed by atoms with Crippen molar-refractivity contribution in [3.05, 3.63) is 90.0 Å². The van der Waals surface area contributed by atoms with Crippen LogP contribution in [-0.4, -0.2) is 9.99 Å². The van der Waals surface area contributed by atoms with E-state index in [1.807, 2.05) is 41.7 Å². The van der Waals surface area contributed by atoms with Gasteiger partial charge in [-0.05, 0) is 36.4 Å². The van der Waals surface area contributed by atoms with Gasteiger partial charge >= 0.3 is 0 Å². The molecular formula is C18H14FN3. The van der Waals surface area contributed by atoms with Crippen LogP contribution in [0.3, 0.4) is 0 Å². The molecule has 0 aromatic carbocycles. The quantitative estimate of drug-likeness (QED) is 0.804. The summed E-state index contributed by atoms with van der Waals surface area (Å²) in [5.41, 5.74) is 5.77. The number of hydrogen-bond donors (Lipinski definition) is 1. The summed E-state index contributed by atoms with van der Waals surface area (Å²) in [6, 6.07) is 3.73. The first-order valence-electron chi connectivity index (χ1n) is 6.90. The number of pyridine rings is 1. The van der Waals surface area contributed by atoms with Crippen molar-refractivity contribution in [2.45, 2.75) is 6.42 Å². The van der Waals surface area contributed by atoms with Gasteiger partial charge in [-0.3, -0.25) is 9.99 Å². The average molecular weight is 291 g/mol. The highest BCUT2D eigenvalue weighted by Gasteiger charge is 2.07. The molecule has 0 saturated heterocycles. The molecule has 1 aliphatic heterocycles. The highest BCUT2D eigenvalue weighted by Crippen LogP contribution is 2.16. The molecule has 0 spiro atoms. The second-order valence-corrected chi connectivity index (χ2v) is 4.71. The van der Waals surface area contributed by atoms with Crippen molar-refractivity contribution in [1.29, 1.82) is 0 Å². The SMILES string of the molecule is FC1=CC=C(N2C=CC(C#Cc3ccncc3)=CN2)C=CC1. The maximum absolute atomic E-state index is 13.2. The Morgan fingerprint density at radius 3 is 2.77 bits per heavy atom. The summed E-state index contributed by atoms with van der Waals surface area (Å²) >= 11 is 0. The van der Waals surface area contributed by atoms with Crippen LogP contribution in [0.2, 0.25) is 0 Å². The fourth-order valence-corrected chi connectivity index (χ4v) is 1.96. The van der Waals surface area contributed by atoms with E-state index in [-0.39, 0.29) is 5.83 Å². The summed E-state index contributed by atoms with van der Waals surface area (Å²) in [6.07, 6.45) is 16.2. The predicted octanol–water partition coefficient (Wildman–Crippen LogP) is 3.35. The molecule has 0 radical (unpaired) electrons. The van der Waals surface area contributed by atoms with Crippen LogP contribution in [0.25, 0.3) is 0 Å². The maximum atomic E-state index is 13.2. The highest BCUT2D eigenvalue weighted by molar-refractivity contribution is 5.45. The molecule has 4 heteroatoms. The highest BCUT2D eigenvalue weighted by atomic mass is 19.1. The van der Waals surface area contributed by atoms with Crippen LogP contribution in [0.1, 0.15) is 12.0 Å². The number of allylic oxidation sites excluding steroid dienone is 7. The van der Waals surface area contributed by atoms with Gasteiger partial charge in [-0.1, -0.05) is 17.9 Å². The minimum atomic E-state index is -0.147. The van der Waals surface area contributed by atoms with Crippen molar-refractivity contribution in [2.75, 3.05) is 0 Å². The molecule has 108 valence electrons. The number of rotatable bonds is 1. The van der Waals surface area contributed by atoms with E-state index in [4.69, 9.17) is 0 Å². The topological polar surface area (TPSA) is 28.2 Å². The molecule has 3 rings (SSSR count). The van der Waals surface area contributed by atoms with E-state index in [2.05, 4.69) is 22.3 Å². The fraction of sp³-hybridized carbons (Fsp3) is 0.0556. The van der Waals surface area contributed by atoms with Gasteiger partial charge in [-0.2, -0.15) is 0 Å². The lowest BCUT2D eigenvalue weighted by molar-refractivity contribution is 0.402. The average Bonchev–Trinajstić information content (AvgIpc) is 2.79. The Morgan fingerprint density at radius 2 is 2.00 bits per heavy atom. The Morgan fingerprint density at radius 1 is 1.14 bits per heavy atom. The molecular weight excluding hydrogens is 277 g/mol. The molecule has 2 aliphatic rings. The molecule has 1 aromatic heterocycles. The third kappa shape index (κ3) is 3.53. The molecule has 1 N–H and O–H groups in total. The first-order valence-corrected chi connectivity index (χ1v) is 6.90. The standard InChI is InChI=1S/C18H14FN3/c19-17-2-1-3-18(7-6-17)22-13-10-16(14-21-22)5-4-15-8-11-20-12-9-15/h1,3,6-14,21H,2H2. The van der Waals surface area contributed by atoms with Crippen LogP contribution in [0.4, 0.5) is 4.39 Å². The second kappa shape index (κ2) is 6.59. The molecule has 0 bridgehead atoms. The minimum absolute atomic E-state index is 0.147. The van der Waals surface area contributed by atoms with Gasteiger partial charge in [0.15, 0.2) is 0 Å². The number of aromatic nitrogens is 1. The van der Waals surface area contributed by atoms with Crippen LogP contribution in [0.15, 0.2) is 84.4 Å². The summed E-state index contributed by atoms with van der Waals surface area (Å²) in [7, 11) is 0. The van der Waals surface area contributed by atoms with Crippen LogP contribution >= 0.6 is 0 Å². The van der Waals surface area contributed by atoms with Gasteiger partial charge in [0.05, 0.1) is 5.70 Å². The van der Waals surface area contributed by atoms with Crippen molar-refractivity contribution >= 4 is 0 Å². The molecule has 22 heavy (non-hydrogen) atoms. The van der Waals surface area contributed by atoms with Crippen LogP contribution in [0, 0.1) is 11.8 Å². The number of hydrogen-bond acceptors (Lipinski definition) is 3. The summed E-state index contributed by atoms with van der Waals surface area (Å²) < 4.78 is 13.2. The van der Waals surface area contributed by atoms with E-state index >= 15 is 0 Å². The first kappa shape index (κ1) is 13.9. The lowest BCUT2D eigenvalue weighted by Gasteiger charge is -2.23. The van der Waals surface area contributed by atoms with Crippen molar-refractivity contribution in [3.8, 4) is 11.8 Å². The number of halogens is 1. The lowest BCUT2D eigenvalue weighted by atomic mass is 10.2. The molecule has 0 saturated carbocycles. The third-order valence-electron chi connectivity index (χ3n) is 3.11. The van der Waals surface area contributed by atoms with E-state index in [9.17, 15) is 4.39 Å². The van der Waals surface area contributed by atoms with Crippen LogP contribution in [0.5, 0.6) is 0 Å². The predicted molar refractivity (Wildman–Crippen MR) is 84.3 cm³/mol. The molecule has 1 aliphatic carbocycles. The zero-order valence-corrected chi connectivity index (χ0v) is 11.8. The number of hydrazine groups is 1. The monoisotopic (exact) mass is 291 g/mol. The Hall–Kier alpha value is -3.06. The molecule has 0 atom stereocenters. The Labute approximate surface area is 128 Å². The Bertz CT molecular complexity index is 759. The van der Waals surface area contributed by atoms with E-state index in [1.54, 1.807) is 24.5 Å². The third-order valence-corrected chi connectivity index (χ3v) is 3.11. The lowest BCUT2D eigenvalue weighted by Crippen LogP contribution is -2.29. The number of nitrogens with one attached hydrogen (secondary N) is 1. The van der Waals surface area contributed by atoms with Crippen LogP contribution < -0.4 is 5.43 Å². The smallest absolute Gasteiger partial charge is 0.104 e. The largest absolute Gasteiger partial charge is 0.300 e. The fourth-order valence-electron chi connectivity index (χ4n) is 1.96. The second-order valence-electron chi connectivity index (χ2n) is 4.71. The summed E-state index contributed by atoms with van der Waals surface area (Å²) in [5.74, 6) is 6.00. The van der Waals surface area contributed by atoms with Crippen molar-refractivity contribution in [1.82, 2.24) is 15.4 Å². The van der Waals surface area contributed by atoms with Gasteiger partial charge in [0.1, 0.15) is 5.83 Å². The van der Waals surface area contributed by atoms with Gasteiger partial charge in [0.2, 0.25) is 0 Å². The zero-order valence-electron chi connectivity index (χ0n) is 11.8. The van der Waals surface area contributed by atoms with Gasteiger partial charge in [-0.15, -0.1) is 0 Å². The van der Waals surface area contributed by atoms with Gasteiger partial charge in [0.25, 0.3) is 0 Å². The van der Waals surface area contributed by atoms with E-state index in [0.717, 1.165) is 16.8 Å². The van der Waals surface area contributed by atoms with Crippen molar-refractivity contribution in [2.24, 2.45) is 0 Å². The van der Waals surface area contributed by atoms with Gasteiger partial charge in [-0.25, -0.2) is 4.39 Å². The summed E-state index contributed by atoms with van der Waals surface area (Å²) in [4.78, 5) is 3.96. The van der Waals surface area contributed by atoms with E-state index < -0.39 is 0 Å². The van der Waals surface area contributed by atoms with Crippen LogP contribution in [-0.2, 0) is 0 Å². The molecule has 1 aromatic rings. The van der Waals surface area contributed by atoms with E-state index in [1.165, 1.54) is 6.08 Å². The van der Waals surface area contributed by atoms with Gasteiger partial charge in [0, 0.05) is 42.4 Å². The Balaban J connectivity index is 1.69. The zero-order chi connectivity index (χ0) is 15.2. The normalized spacial score (nSPS) is 16.6. The molecule has 3 nitrogen and oxygen atoms in total. The molecule has 0 fully saturated rings. The Kier molecular flexibility index (Phi) is 4.17. The number of nitrogens with zero attached hydrogens (tertiary/aromatic N) is 2. The summed E-state index contributed by atoms with van der Waals surface area (Å²) in [5, 5.41) is 1.81. The van der Waals surface area contributed by atoms with Crippen molar-refractivity contribution in [3.63, 3.8) is 0 Å². The molecule has 0 amide bonds. The van der Waals surface area contributed by atoms with Crippen molar-refractivity contribution < 1.29 is 4.39 Å². The molecule has 2 heterocycles. The first-order chi connectivity index (χ1) is 10.8. The van der Waals surface area contributed by atoms with Gasteiger partial charge < -0.3 is 5.43 Å². The molecule has 0 unspecified atom stereocenters. The van der Waals surface area contributed by atoms with E-state index in [0.29, 0.717) is 6.42 Å².